The molecule has 1 heterocycles. The number of nitrogens with zero attached hydrogens (tertiary/aromatic N) is 1. The highest BCUT2D eigenvalue weighted by atomic mass is 32.2. The second-order valence-electron chi connectivity index (χ2n) is 3.47. The molecule has 5 nitrogen and oxygen atoms in total. The predicted octanol–water partition coefficient (Wildman–Crippen LogP) is -1.01. The first-order valence-electron chi connectivity index (χ1n) is 4.93. The van der Waals surface area contributed by atoms with Gasteiger partial charge in [0.2, 0.25) is 10.0 Å². The molecule has 1 saturated heterocycles. The number of sulfonamides is 1. The SMILES string of the molecule is CCNCCS(=O)(=O)N1CCC(O)C1. The van der Waals surface area contributed by atoms with E-state index in [9.17, 15) is 13.5 Å². The highest BCUT2D eigenvalue weighted by Gasteiger charge is 2.29. The number of aliphatic hydroxyl groups excluding tert-OH is 1. The van der Waals surface area contributed by atoms with E-state index in [1.165, 1.54) is 4.31 Å². The van der Waals surface area contributed by atoms with Crippen LogP contribution in [0.4, 0.5) is 0 Å². The van der Waals surface area contributed by atoms with Crippen LogP contribution in [0, 0.1) is 0 Å². The van der Waals surface area contributed by atoms with Crippen molar-refractivity contribution in [3.63, 3.8) is 0 Å². The van der Waals surface area contributed by atoms with E-state index in [1.54, 1.807) is 0 Å². The summed E-state index contributed by atoms with van der Waals surface area (Å²) in [5.41, 5.74) is 0. The first-order valence-corrected chi connectivity index (χ1v) is 6.54. The molecule has 14 heavy (non-hydrogen) atoms. The summed E-state index contributed by atoms with van der Waals surface area (Å²) >= 11 is 0. The Morgan fingerprint density at radius 1 is 1.57 bits per heavy atom. The van der Waals surface area contributed by atoms with Gasteiger partial charge in [0.05, 0.1) is 11.9 Å². The molecule has 0 aromatic carbocycles. The Morgan fingerprint density at radius 2 is 2.29 bits per heavy atom. The molecule has 0 aromatic rings. The Hall–Kier alpha value is -0.170. The first-order chi connectivity index (χ1) is 6.56. The Bertz CT molecular complexity index is 266. The van der Waals surface area contributed by atoms with Crippen molar-refractivity contribution in [2.24, 2.45) is 0 Å². The third-order valence-electron chi connectivity index (χ3n) is 2.31. The number of aliphatic hydroxyl groups is 1. The van der Waals surface area contributed by atoms with Crippen molar-refractivity contribution < 1.29 is 13.5 Å². The number of hydrogen-bond acceptors (Lipinski definition) is 4. The Morgan fingerprint density at radius 3 is 2.79 bits per heavy atom. The van der Waals surface area contributed by atoms with E-state index < -0.39 is 16.1 Å². The Kier molecular flexibility index (Phi) is 4.31. The highest BCUT2D eigenvalue weighted by Crippen LogP contribution is 2.13. The van der Waals surface area contributed by atoms with Gasteiger partial charge in [0.15, 0.2) is 0 Å². The van der Waals surface area contributed by atoms with Crippen LogP contribution in [0.15, 0.2) is 0 Å². The zero-order chi connectivity index (χ0) is 10.6. The summed E-state index contributed by atoms with van der Waals surface area (Å²) in [5, 5.41) is 12.2. The predicted molar refractivity (Wildman–Crippen MR) is 54.5 cm³/mol. The molecular formula is C8H18N2O3S. The van der Waals surface area contributed by atoms with Crippen LogP contribution < -0.4 is 5.32 Å². The average Bonchev–Trinajstić information content (AvgIpc) is 2.53. The molecule has 0 aliphatic carbocycles. The van der Waals surface area contributed by atoms with E-state index in [4.69, 9.17) is 0 Å². The maximum atomic E-state index is 11.6. The van der Waals surface area contributed by atoms with Crippen molar-refractivity contribution >= 4 is 10.0 Å². The lowest BCUT2D eigenvalue weighted by Crippen LogP contribution is -2.35. The van der Waals surface area contributed by atoms with Crippen LogP contribution in [-0.4, -0.2) is 55.9 Å². The van der Waals surface area contributed by atoms with Gasteiger partial charge in [-0.05, 0) is 13.0 Å². The molecule has 0 spiro atoms. The zero-order valence-electron chi connectivity index (χ0n) is 8.44. The van der Waals surface area contributed by atoms with Crippen LogP contribution in [-0.2, 0) is 10.0 Å². The van der Waals surface area contributed by atoms with Crippen LogP contribution in [0.3, 0.4) is 0 Å². The van der Waals surface area contributed by atoms with E-state index in [2.05, 4.69) is 5.32 Å². The van der Waals surface area contributed by atoms with Gasteiger partial charge >= 0.3 is 0 Å². The minimum absolute atomic E-state index is 0.119. The lowest BCUT2D eigenvalue weighted by atomic mass is 10.3. The molecule has 2 N–H and O–H groups in total. The van der Waals surface area contributed by atoms with Gasteiger partial charge in [-0.25, -0.2) is 8.42 Å². The van der Waals surface area contributed by atoms with Gasteiger partial charge in [0.25, 0.3) is 0 Å². The van der Waals surface area contributed by atoms with Crippen molar-refractivity contribution in [2.45, 2.75) is 19.4 Å². The molecule has 1 atom stereocenters. The van der Waals surface area contributed by atoms with Crippen molar-refractivity contribution in [1.82, 2.24) is 9.62 Å². The van der Waals surface area contributed by atoms with Gasteiger partial charge in [-0.3, -0.25) is 0 Å². The molecule has 1 unspecified atom stereocenters. The molecule has 1 aliphatic rings. The van der Waals surface area contributed by atoms with Gasteiger partial charge in [0.1, 0.15) is 0 Å². The van der Waals surface area contributed by atoms with Gasteiger partial charge in [0, 0.05) is 19.6 Å². The van der Waals surface area contributed by atoms with Crippen molar-refractivity contribution in [3.8, 4) is 0 Å². The molecule has 6 heteroatoms. The van der Waals surface area contributed by atoms with Crippen molar-refractivity contribution in [3.05, 3.63) is 0 Å². The molecule has 0 bridgehead atoms. The van der Waals surface area contributed by atoms with E-state index in [0.717, 1.165) is 6.54 Å². The molecule has 0 aromatic heterocycles. The monoisotopic (exact) mass is 222 g/mol. The van der Waals surface area contributed by atoms with Crippen LogP contribution in [0.25, 0.3) is 0 Å². The maximum Gasteiger partial charge on any atom is 0.215 e. The van der Waals surface area contributed by atoms with Gasteiger partial charge in [-0.2, -0.15) is 4.31 Å². The van der Waals surface area contributed by atoms with E-state index >= 15 is 0 Å². The summed E-state index contributed by atoms with van der Waals surface area (Å²) < 4.78 is 24.6. The van der Waals surface area contributed by atoms with Crippen molar-refractivity contribution in [2.75, 3.05) is 31.9 Å². The smallest absolute Gasteiger partial charge is 0.215 e. The second-order valence-corrected chi connectivity index (χ2v) is 5.56. The van der Waals surface area contributed by atoms with E-state index in [-0.39, 0.29) is 12.3 Å². The molecule has 1 fully saturated rings. The van der Waals surface area contributed by atoms with Gasteiger partial charge in [-0.15, -0.1) is 0 Å². The third kappa shape index (κ3) is 3.20. The largest absolute Gasteiger partial charge is 0.392 e. The standard InChI is InChI=1S/C8H18N2O3S/c1-2-9-4-6-14(12,13)10-5-3-8(11)7-10/h8-9,11H,2-7H2,1H3. The summed E-state index contributed by atoms with van der Waals surface area (Å²) in [5.74, 6) is 0.119. The lowest BCUT2D eigenvalue weighted by Gasteiger charge is -2.15. The topological polar surface area (TPSA) is 69.6 Å². The highest BCUT2D eigenvalue weighted by molar-refractivity contribution is 7.89. The summed E-state index contributed by atoms with van der Waals surface area (Å²) in [6, 6.07) is 0. The quantitative estimate of drug-likeness (QED) is 0.585. The number of rotatable bonds is 5. The molecule has 1 aliphatic heterocycles. The molecular weight excluding hydrogens is 204 g/mol. The normalized spacial score (nSPS) is 24.3. The molecule has 84 valence electrons. The van der Waals surface area contributed by atoms with Crippen LogP contribution in [0.1, 0.15) is 13.3 Å². The summed E-state index contributed by atoms with van der Waals surface area (Å²) in [6.07, 6.45) is 0.0735. The molecule has 1 rings (SSSR count). The molecule has 0 amide bonds. The second kappa shape index (κ2) is 5.06. The van der Waals surface area contributed by atoms with Crippen LogP contribution >= 0.6 is 0 Å². The fourth-order valence-corrected chi connectivity index (χ4v) is 2.91. The van der Waals surface area contributed by atoms with Gasteiger partial charge in [-0.1, -0.05) is 6.92 Å². The molecule has 0 radical (unpaired) electrons. The fraction of sp³-hybridized carbons (Fsp3) is 1.00. The van der Waals surface area contributed by atoms with Crippen LogP contribution in [0.5, 0.6) is 0 Å². The number of β-amino-alcohol motifs (C(OH)–C–C–N with tert-alkyl or cyclic N) is 1. The average molecular weight is 222 g/mol. The Balaban J connectivity index is 2.41. The Labute approximate surface area is 85.2 Å². The minimum Gasteiger partial charge on any atom is -0.392 e. The minimum atomic E-state index is -3.15. The number of nitrogens with one attached hydrogen (secondary N) is 1. The first kappa shape index (κ1) is 11.9. The van der Waals surface area contributed by atoms with Crippen LogP contribution in [0.2, 0.25) is 0 Å². The van der Waals surface area contributed by atoms with E-state index in [0.29, 0.717) is 19.5 Å². The molecule has 0 saturated carbocycles. The zero-order valence-corrected chi connectivity index (χ0v) is 9.26. The van der Waals surface area contributed by atoms with E-state index in [1.807, 2.05) is 6.92 Å². The fourth-order valence-electron chi connectivity index (χ4n) is 1.47. The van der Waals surface area contributed by atoms with Crippen molar-refractivity contribution in [1.29, 1.82) is 0 Å². The summed E-state index contributed by atoms with van der Waals surface area (Å²) in [4.78, 5) is 0. The number of hydrogen-bond donors (Lipinski definition) is 2. The summed E-state index contributed by atoms with van der Waals surface area (Å²) in [6.45, 7) is 3.90. The summed E-state index contributed by atoms with van der Waals surface area (Å²) in [7, 11) is -3.15. The lowest BCUT2D eigenvalue weighted by molar-refractivity contribution is 0.189. The van der Waals surface area contributed by atoms with Gasteiger partial charge < -0.3 is 10.4 Å². The third-order valence-corrected chi connectivity index (χ3v) is 4.14. The maximum absolute atomic E-state index is 11.6.